The fraction of sp³-hybridized carbons (Fsp3) is 0.684. The first-order chi connectivity index (χ1) is 12.5. The first-order valence-electron chi connectivity index (χ1n) is 9.53. The SMILES string of the molecule is CN1CCN([C@@H]2C[C@@H]3CN(C(=O)c4ccc(Cl)cn4)C[C@@H]3C[C@H]2O)CC1. The van der Waals surface area contributed by atoms with Crippen LogP contribution < -0.4 is 0 Å². The van der Waals surface area contributed by atoms with Crippen molar-refractivity contribution in [2.75, 3.05) is 46.3 Å². The number of hydrogen-bond donors (Lipinski definition) is 1. The van der Waals surface area contributed by atoms with E-state index in [1.807, 2.05) is 4.90 Å². The third kappa shape index (κ3) is 3.60. The molecule has 3 aliphatic rings. The Kier molecular flexibility index (Phi) is 5.19. The van der Waals surface area contributed by atoms with Crippen molar-refractivity contribution in [2.45, 2.75) is 25.0 Å². The first kappa shape index (κ1) is 18.2. The molecule has 6 nitrogen and oxygen atoms in total. The Bertz CT molecular complexity index is 647. The van der Waals surface area contributed by atoms with Gasteiger partial charge in [-0.05, 0) is 43.9 Å². The predicted octanol–water partition coefficient (Wildman–Crippen LogP) is 1.19. The number of likely N-dealkylation sites (N-methyl/N-ethyl adjacent to an activating group) is 1. The van der Waals surface area contributed by atoms with E-state index in [9.17, 15) is 9.90 Å². The second-order valence-electron chi connectivity index (χ2n) is 8.04. The molecule has 4 atom stereocenters. The number of aliphatic hydroxyl groups excluding tert-OH is 1. The van der Waals surface area contributed by atoms with E-state index in [0.717, 1.165) is 52.1 Å². The average molecular weight is 379 g/mol. The highest BCUT2D eigenvalue weighted by Gasteiger charge is 2.45. The molecule has 1 aliphatic carbocycles. The number of pyridine rings is 1. The highest BCUT2D eigenvalue weighted by Crippen LogP contribution is 2.38. The van der Waals surface area contributed by atoms with Crippen LogP contribution in [0, 0.1) is 11.8 Å². The van der Waals surface area contributed by atoms with Crippen molar-refractivity contribution in [3.63, 3.8) is 0 Å². The monoisotopic (exact) mass is 378 g/mol. The first-order valence-corrected chi connectivity index (χ1v) is 9.90. The smallest absolute Gasteiger partial charge is 0.272 e. The minimum atomic E-state index is -0.289. The normalized spacial score (nSPS) is 33.3. The Morgan fingerprint density at radius 2 is 1.85 bits per heavy atom. The van der Waals surface area contributed by atoms with Gasteiger partial charge in [0.25, 0.3) is 5.91 Å². The average Bonchev–Trinajstić information content (AvgIpc) is 3.04. The Labute approximate surface area is 159 Å². The zero-order chi connectivity index (χ0) is 18.3. The lowest BCUT2D eigenvalue weighted by atomic mass is 9.77. The van der Waals surface area contributed by atoms with E-state index in [2.05, 4.69) is 21.8 Å². The molecule has 0 spiro atoms. The van der Waals surface area contributed by atoms with Crippen LogP contribution in [0.5, 0.6) is 0 Å². The Morgan fingerprint density at radius 3 is 2.50 bits per heavy atom. The zero-order valence-electron chi connectivity index (χ0n) is 15.2. The van der Waals surface area contributed by atoms with E-state index < -0.39 is 0 Å². The number of nitrogens with zero attached hydrogens (tertiary/aromatic N) is 4. The fourth-order valence-corrected chi connectivity index (χ4v) is 4.90. The molecule has 0 radical (unpaired) electrons. The van der Waals surface area contributed by atoms with Crippen LogP contribution in [-0.2, 0) is 0 Å². The van der Waals surface area contributed by atoms with Crippen molar-refractivity contribution >= 4 is 17.5 Å². The van der Waals surface area contributed by atoms with Gasteiger partial charge < -0.3 is 14.9 Å². The summed E-state index contributed by atoms with van der Waals surface area (Å²) in [5, 5.41) is 11.3. The molecular formula is C19H27ClN4O2. The molecule has 4 rings (SSSR count). The quantitative estimate of drug-likeness (QED) is 0.837. The maximum Gasteiger partial charge on any atom is 0.272 e. The van der Waals surface area contributed by atoms with Crippen LogP contribution >= 0.6 is 11.6 Å². The highest BCUT2D eigenvalue weighted by atomic mass is 35.5. The van der Waals surface area contributed by atoms with Crippen molar-refractivity contribution in [2.24, 2.45) is 11.8 Å². The summed E-state index contributed by atoms with van der Waals surface area (Å²) < 4.78 is 0. The molecule has 2 aliphatic heterocycles. The van der Waals surface area contributed by atoms with Gasteiger partial charge in [0.1, 0.15) is 5.69 Å². The van der Waals surface area contributed by atoms with Crippen LogP contribution in [-0.4, -0.2) is 89.2 Å². The van der Waals surface area contributed by atoms with E-state index in [-0.39, 0.29) is 18.1 Å². The minimum absolute atomic E-state index is 0.0262. The zero-order valence-corrected chi connectivity index (χ0v) is 16.0. The molecule has 1 N–H and O–H groups in total. The Balaban J connectivity index is 1.40. The summed E-state index contributed by atoms with van der Waals surface area (Å²) in [5.74, 6) is 0.839. The van der Waals surface area contributed by atoms with Gasteiger partial charge in [-0.1, -0.05) is 11.6 Å². The number of fused-ring (bicyclic) bond motifs is 1. The lowest BCUT2D eigenvalue weighted by Crippen LogP contribution is -2.55. The summed E-state index contributed by atoms with van der Waals surface area (Å²) in [6.07, 6.45) is 3.00. The maximum atomic E-state index is 12.7. The lowest BCUT2D eigenvalue weighted by molar-refractivity contribution is -0.0249. The van der Waals surface area contributed by atoms with E-state index in [0.29, 0.717) is 22.6 Å². The summed E-state index contributed by atoms with van der Waals surface area (Å²) in [6, 6.07) is 3.63. The van der Waals surface area contributed by atoms with Gasteiger partial charge in [-0.15, -0.1) is 0 Å². The molecule has 0 unspecified atom stereocenters. The predicted molar refractivity (Wildman–Crippen MR) is 100 cm³/mol. The summed E-state index contributed by atoms with van der Waals surface area (Å²) in [7, 11) is 2.15. The van der Waals surface area contributed by atoms with Gasteiger partial charge >= 0.3 is 0 Å². The number of hydrogen-bond acceptors (Lipinski definition) is 5. The van der Waals surface area contributed by atoms with Gasteiger partial charge in [-0.2, -0.15) is 0 Å². The molecule has 2 saturated heterocycles. The molecule has 7 heteroatoms. The number of aliphatic hydroxyl groups is 1. The number of likely N-dealkylation sites (tertiary alicyclic amines) is 1. The second-order valence-corrected chi connectivity index (χ2v) is 8.47. The van der Waals surface area contributed by atoms with Crippen molar-refractivity contribution in [1.29, 1.82) is 0 Å². The number of aromatic nitrogens is 1. The summed E-state index contributed by atoms with van der Waals surface area (Å²) >= 11 is 5.87. The van der Waals surface area contributed by atoms with E-state index in [1.54, 1.807) is 12.1 Å². The van der Waals surface area contributed by atoms with Crippen molar-refractivity contribution in [3.05, 3.63) is 29.0 Å². The molecule has 3 fully saturated rings. The highest BCUT2D eigenvalue weighted by molar-refractivity contribution is 6.30. The van der Waals surface area contributed by atoms with Crippen LogP contribution in [0.4, 0.5) is 0 Å². The van der Waals surface area contributed by atoms with Crippen LogP contribution in [0.15, 0.2) is 18.3 Å². The molecule has 1 amide bonds. The fourth-order valence-electron chi connectivity index (χ4n) is 4.78. The molecule has 0 bridgehead atoms. The molecule has 3 heterocycles. The number of rotatable bonds is 2. The van der Waals surface area contributed by atoms with Crippen molar-refractivity contribution in [1.82, 2.24) is 19.7 Å². The van der Waals surface area contributed by atoms with Crippen LogP contribution in [0.25, 0.3) is 0 Å². The van der Waals surface area contributed by atoms with Gasteiger partial charge in [-0.3, -0.25) is 9.69 Å². The van der Waals surface area contributed by atoms with Crippen LogP contribution in [0.1, 0.15) is 23.3 Å². The third-order valence-corrected chi connectivity index (χ3v) is 6.57. The second kappa shape index (κ2) is 7.43. The number of halogens is 1. The van der Waals surface area contributed by atoms with E-state index >= 15 is 0 Å². The summed E-state index contributed by atoms with van der Waals surface area (Å²) in [6.45, 7) is 5.65. The Hall–Kier alpha value is -1.21. The summed E-state index contributed by atoms with van der Waals surface area (Å²) in [5.41, 5.74) is 0.448. The summed E-state index contributed by atoms with van der Waals surface area (Å²) in [4.78, 5) is 23.6. The van der Waals surface area contributed by atoms with Gasteiger partial charge in [0, 0.05) is 51.5 Å². The number of carbonyl (C=O) groups is 1. The topological polar surface area (TPSA) is 59.9 Å². The third-order valence-electron chi connectivity index (χ3n) is 6.35. The van der Waals surface area contributed by atoms with Crippen molar-refractivity contribution in [3.8, 4) is 0 Å². The molecule has 1 aromatic rings. The lowest BCUT2D eigenvalue weighted by Gasteiger charge is -2.44. The van der Waals surface area contributed by atoms with Crippen LogP contribution in [0.2, 0.25) is 5.02 Å². The van der Waals surface area contributed by atoms with E-state index in [4.69, 9.17) is 11.6 Å². The largest absolute Gasteiger partial charge is 0.391 e. The Morgan fingerprint density at radius 1 is 1.15 bits per heavy atom. The molecule has 1 aromatic heterocycles. The standard InChI is InChI=1S/C19H27ClN4O2/c1-22-4-6-23(7-5-22)17-8-13-11-24(12-14(13)9-18(17)25)19(26)16-3-2-15(20)10-21-16/h2-3,10,13-14,17-18,25H,4-9,11-12H2,1H3/t13-,14+,17-,18-/m1/s1. The van der Waals surface area contributed by atoms with Crippen molar-refractivity contribution < 1.29 is 9.90 Å². The van der Waals surface area contributed by atoms with Gasteiger partial charge in [-0.25, -0.2) is 4.98 Å². The molecular weight excluding hydrogens is 352 g/mol. The van der Waals surface area contributed by atoms with Crippen LogP contribution in [0.3, 0.4) is 0 Å². The van der Waals surface area contributed by atoms with Gasteiger partial charge in [0.2, 0.25) is 0 Å². The number of piperazine rings is 1. The molecule has 26 heavy (non-hydrogen) atoms. The maximum absolute atomic E-state index is 12.7. The van der Waals surface area contributed by atoms with Gasteiger partial charge in [0.05, 0.1) is 11.1 Å². The minimum Gasteiger partial charge on any atom is -0.391 e. The number of amides is 1. The number of carbonyl (C=O) groups excluding carboxylic acids is 1. The molecule has 142 valence electrons. The molecule has 1 saturated carbocycles. The van der Waals surface area contributed by atoms with Gasteiger partial charge in [0.15, 0.2) is 0 Å². The van der Waals surface area contributed by atoms with E-state index in [1.165, 1.54) is 6.20 Å². The molecule has 0 aromatic carbocycles.